The highest BCUT2D eigenvalue weighted by atomic mass is 16.7. The third-order valence-corrected chi connectivity index (χ3v) is 13.0. The maximum Gasteiger partial charge on any atom is 0.361 e. The van der Waals surface area contributed by atoms with E-state index in [1.54, 1.807) is 0 Å². The first kappa shape index (κ1) is 73.7. The first-order chi connectivity index (χ1) is 38.1. The van der Waals surface area contributed by atoms with Gasteiger partial charge in [0.05, 0.1) is 34.4 Å². The Balaban J connectivity index is 4.16. The average Bonchev–Trinajstić information content (AvgIpc) is 3.41. The molecular formula is C69H116NO8+. The molecule has 0 fully saturated rings. The number of ether oxygens (including phenoxy) is 4. The molecule has 0 radical (unpaired) electrons. The van der Waals surface area contributed by atoms with Gasteiger partial charge in [0.1, 0.15) is 13.2 Å². The Bertz CT molecular complexity index is 1690. The molecule has 0 saturated heterocycles. The minimum Gasteiger partial charge on any atom is -0.477 e. The van der Waals surface area contributed by atoms with Gasteiger partial charge in [-0.1, -0.05) is 238 Å². The van der Waals surface area contributed by atoms with Crippen molar-refractivity contribution in [3.63, 3.8) is 0 Å². The Morgan fingerprint density at radius 3 is 1.09 bits per heavy atom. The molecule has 0 aliphatic carbocycles. The summed E-state index contributed by atoms with van der Waals surface area (Å²) in [5.74, 6) is -2.03. The molecule has 0 spiro atoms. The van der Waals surface area contributed by atoms with Crippen LogP contribution in [0.5, 0.6) is 0 Å². The number of unbranched alkanes of at least 4 members (excludes halogenated alkanes) is 21. The van der Waals surface area contributed by atoms with Crippen molar-refractivity contribution in [2.24, 2.45) is 0 Å². The van der Waals surface area contributed by atoms with Gasteiger partial charge in [-0.05, 0) is 109 Å². The van der Waals surface area contributed by atoms with E-state index in [2.05, 4.69) is 135 Å². The van der Waals surface area contributed by atoms with E-state index in [1.807, 2.05) is 21.1 Å². The molecule has 1 N–H and O–H groups in total. The number of allylic oxidation sites excluding steroid dienone is 20. The maximum atomic E-state index is 12.9. The molecule has 0 aliphatic heterocycles. The van der Waals surface area contributed by atoms with Gasteiger partial charge in [-0.3, -0.25) is 9.59 Å². The van der Waals surface area contributed by atoms with Crippen LogP contribution in [0.3, 0.4) is 0 Å². The predicted octanol–water partition coefficient (Wildman–Crippen LogP) is 18.8. The van der Waals surface area contributed by atoms with Crippen molar-refractivity contribution < 1.29 is 42.9 Å². The number of rotatable bonds is 56. The van der Waals surface area contributed by atoms with Gasteiger partial charge in [-0.2, -0.15) is 0 Å². The van der Waals surface area contributed by atoms with Crippen molar-refractivity contribution in [1.82, 2.24) is 0 Å². The Morgan fingerprint density at radius 1 is 0.397 bits per heavy atom. The maximum absolute atomic E-state index is 12.9. The number of hydrogen-bond acceptors (Lipinski definition) is 7. The minimum absolute atomic E-state index is 0.180. The summed E-state index contributed by atoms with van der Waals surface area (Å²) in [5.41, 5.74) is 0. The Morgan fingerprint density at radius 2 is 0.731 bits per heavy atom. The molecule has 0 heterocycles. The van der Waals surface area contributed by atoms with Gasteiger partial charge < -0.3 is 28.5 Å². The van der Waals surface area contributed by atoms with Crippen molar-refractivity contribution in [3.05, 3.63) is 122 Å². The fraction of sp³-hybridized carbons (Fsp3) is 0.667. The van der Waals surface area contributed by atoms with Gasteiger partial charge in [0.2, 0.25) is 0 Å². The number of hydrogen-bond donors (Lipinski definition) is 1. The standard InChI is InChI=1S/C69H115NO8/c1-6-8-10-12-14-16-18-20-22-24-25-26-27-28-29-30-31-32-33-34-35-36-37-38-39-40-41-42-43-44-46-48-50-52-54-56-58-60-67(72)78-65(64-77-69(68(73)74)75-62-61-70(3,4)5)63-76-66(71)59-57-55-53-51-49-47-45-23-21-19-17-15-13-11-9-7-2/h8,10,14,16-17,19-20,22-23,25-26,28-29,31-32,34-35,37-38,45,65,69H,6-7,9,11-13,15,18,21,24,27,30,33,36,39-44,46-64H2,1-5H3/p+1/b10-8-,16-14-,19-17-,22-20-,26-25-,29-28-,32-31-,35-34-,38-37-,45-23-. The molecule has 2 atom stereocenters. The predicted molar refractivity (Wildman–Crippen MR) is 331 cm³/mol. The molecule has 0 aromatic heterocycles. The second-order valence-corrected chi connectivity index (χ2v) is 21.6. The van der Waals surface area contributed by atoms with E-state index in [0.717, 1.165) is 116 Å². The molecular weight excluding hydrogens is 971 g/mol. The van der Waals surface area contributed by atoms with E-state index in [4.69, 9.17) is 18.9 Å². The summed E-state index contributed by atoms with van der Waals surface area (Å²) >= 11 is 0. The lowest BCUT2D eigenvalue weighted by Gasteiger charge is -2.25. The normalized spacial score (nSPS) is 13.6. The molecule has 0 rings (SSSR count). The lowest BCUT2D eigenvalue weighted by atomic mass is 10.0. The van der Waals surface area contributed by atoms with Crippen molar-refractivity contribution in [1.29, 1.82) is 0 Å². The Labute approximate surface area is 478 Å². The number of esters is 2. The topological polar surface area (TPSA) is 108 Å². The van der Waals surface area contributed by atoms with Gasteiger partial charge in [-0.25, -0.2) is 4.79 Å². The number of carboxylic acids is 1. The first-order valence-corrected chi connectivity index (χ1v) is 31.2. The van der Waals surface area contributed by atoms with Crippen LogP contribution in [0.4, 0.5) is 0 Å². The molecule has 444 valence electrons. The molecule has 9 heteroatoms. The minimum atomic E-state index is -1.52. The third-order valence-electron chi connectivity index (χ3n) is 13.0. The molecule has 78 heavy (non-hydrogen) atoms. The number of carboxylic acid groups (broad SMARTS) is 1. The summed E-state index contributed by atoms with van der Waals surface area (Å²) in [7, 11) is 5.96. The van der Waals surface area contributed by atoms with Gasteiger partial charge in [-0.15, -0.1) is 0 Å². The van der Waals surface area contributed by atoms with Crippen LogP contribution in [0, 0.1) is 0 Å². The second kappa shape index (κ2) is 58.8. The van der Waals surface area contributed by atoms with Gasteiger partial charge in [0.15, 0.2) is 6.10 Å². The fourth-order valence-electron chi connectivity index (χ4n) is 8.18. The van der Waals surface area contributed by atoms with E-state index in [-0.39, 0.29) is 38.6 Å². The monoisotopic (exact) mass is 1090 g/mol. The molecule has 2 unspecified atom stereocenters. The fourth-order valence-corrected chi connectivity index (χ4v) is 8.18. The van der Waals surface area contributed by atoms with Crippen molar-refractivity contribution in [2.45, 2.75) is 251 Å². The van der Waals surface area contributed by atoms with E-state index in [0.29, 0.717) is 17.4 Å². The molecule has 0 bridgehead atoms. The van der Waals surface area contributed by atoms with Crippen LogP contribution in [-0.2, 0) is 33.3 Å². The highest BCUT2D eigenvalue weighted by Gasteiger charge is 2.25. The van der Waals surface area contributed by atoms with Gasteiger partial charge >= 0.3 is 17.9 Å². The van der Waals surface area contributed by atoms with Crippen LogP contribution in [0.25, 0.3) is 0 Å². The van der Waals surface area contributed by atoms with E-state index in [1.165, 1.54) is 89.9 Å². The summed E-state index contributed by atoms with van der Waals surface area (Å²) in [4.78, 5) is 37.4. The van der Waals surface area contributed by atoms with Crippen LogP contribution in [0.15, 0.2) is 122 Å². The van der Waals surface area contributed by atoms with Gasteiger partial charge in [0.25, 0.3) is 6.29 Å². The number of quaternary nitrogens is 1. The number of likely N-dealkylation sites (N-methyl/N-ethyl adjacent to an activating group) is 1. The van der Waals surface area contributed by atoms with E-state index < -0.39 is 24.3 Å². The number of carbonyl (C=O) groups is 3. The van der Waals surface area contributed by atoms with Crippen LogP contribution in [-0.4, -0.2) is 87.4 Å². The summed E-state index contributed by atoms with van der Waals surface area (Å²) in [6, 6.07) is 0. The van der Waals surface area contributed by atoms with Crippen LogP contribution < -0.4 is 0 Å². The van der Waals surface area contributed by atoms with Crippen molar-refractivity contribution >= 4 is 17.9 Å². The first-order valence-electron chi connectivity index (χ1n) is 31.2. The zero-order chi connectivity index (χ0) is 56.9. The molecule has 0 aliphatic rings. The zero-order valence-corrected chi connectivity index (χ0v) is 50.5. The summed E-state index contributed by atoms with van der Waals surface area (Å²) < 4.78 is 22.9. The zero-order valence-electron chi connectivity index (χ0n) is 50.5. The second-order valence-electron chi connectivity index (χ2n) is 21.6. The number of carbonyl (C=O) groups excluding carboxylic acids is 2. The van der Waals surface area contributed by atoms with Crippen molar-refractivity contribution in [3.8, 4) is 0 Å². The third kappa shape index (κ3) is 59.4. The lowest BCUT2D eigenvalue weighted by Crippen LogP contribution is -2.40. The molecule has 0 aromatic carbocycles. The SMILES string of the molecule is CC/C=C\C/C=C\C/C=C\C/C=C\C/C=C\C/C=C\C/C=C\C/C=C\CCCCCCCCCCCCCCC(=O)OC(COC(=O)CCCCCCC/C=C\C/C=C\CCCCCC)COC(OCC[N+](C)(C)C)C(=O)O. The molecule has 0 aromatic rings. The summed E-state index contributed by atoms with van der Waals surface area (Å²) in [6.07, 6.45) is 80.0. The van der Waals surface area contributed by atoms with Crippen molar-refractivity contribution in [2.75, 3.05) is 47.5 Å². The lowest BCUT2D eigenvalue weighted by molar-refractivity contribution is -0.870. The quantitative estimate of drug-likeness (QED) is 0.0211. The van der Waals surface area contributed by atoms with Crippen LogP contribution in [0.1, 0.15) is 239 Å². The Hall–Kier alpha value is -4.31. The highest BCUT2D eigenvalue weighted by Crippen LogP contribution is 2.15. The smallest absolute Gasteiger partial charge is 0.361 e. The molecule has 9 nitrogen and oxygen atoms in total. The van der Waals surface area contributed by atoms with E-state index in [9.17, 15) is 19.5 Å². The molecule has 0 amide bonds. The van der Waals surface area contributed by atoms with E-state index >= 15 is 0 Å². The molecule has 0 saturated carbocycles. The summed E-state index contributed by atoms with van der Waals surface area (Å²) in [5, 5.41) is 9.71. The van der Waals surface area contributed by atoms with Gasteiger partial charge in [0, 0.05) is 12.8 Å². The number of aliphatic carboxylic acids is 1. The summed E-state index contributed by atoms with van der Waals surface area (Å²) in [6.45, 7) is 4.72. The number of nitrogens with zero attached hydrogens (tertiary/aromatic N) is 1. The largest absolute Gasteiger partial charge is 0.477 e. The van der Waals surface area contributed by atoms with Crippen LogP contribution >= 0.6 is 0 Å². The average molecular weight is 1090 g/mol. The Kier molecular flexibility index (Phi) is 55.6. The highest BCUT2D eigenvalue weighted by molar-refractivity contribution is 5.71. The van der Waals surface area contributed by atoms with Crippen LogP contribution in [0.2, 0.25) is 0 Å².